The third-order valence-corrected chi connectivity index (χ3v) is 2.57. The van der Waals surface area contributed by atoms with Gasteiger partial charge in [-0.3, -0.25) is 10.3 Å². The maximum Gasteiger partial charge on any atom is 0.187 e. The molecule has 0 radical (unpaired) electrons. The largest absolute Gasteiger partial charge is 0.515 e. The van der Waals surface area contributed by atoms with Crippen LogP contribution in [-0.2, 0) is 31.9 Å². The van der Waals surface area contributed by atoms with Gasteiger partial charge in [0.05, 0.1) is 5.69 Å². The number of nitrogens with one attached hydrogen (secondary N) is 1. The molecule has 8 heteroatoms. The van der Waals surface area contributed by atoms with E-state index in [9.17, 15) is 0 Å². The van der Waals surface area contributed by atoms with Crippen molar-refractivity contribution in [3.8, 4) is 0 Å². The molecule has 0 aliphatic rings. The second-order valence-corrected chi connectivity index (χ2v) is 5.78. The summed E-state index contributed by atoms with van der Waals surface area (Å²) in [6.45, 7) is 0.669. The normalized spacial score (nSPS) is 10.1. The molecule has 0 aliphatic heterocycles. The second kappa shape index (κ2) is 12.5. The van der Waals surface area contributed by atoms with Gasteiger partial charge in [-0.2, -0.15) is 0 Å². The van der Waals surface area contributed by atoms with Gasteiger partial charge in [-0.1, -0.05) is 36.4 Å². The zero-order chi connectivity index (χ0) is 16.0. The van der Waals surface area contributed by atoms with E-state index in [0.29, 0.717) is 11.7 Å². The molecule has 1 N–H and O–H groups in total. The summed E-state index contributed by atoms with van der Waals surface area (Å²) in [5.74, 6) is 0. The fourth-order valence-electron chi connectivity index (χ4n) is 1.41. The van der Waals surface area contributed by atoms with Gasteiger partial charge in [-0.25, -0.2) is 0 Å². The Morgan fingerprint density at radius 1 is 1.23 bits per heavy atom. The summed E-state index contributed by atoms with van der Waals surface area (Å²) in [5, 5.41) is 7.45. The molecule has 0 amide bonds. The van der Waals surface area contributed by atoms with Crippen LogP contribution in [-0.4, -0.2) is 16.3 Å². The van der Waals surface area contributed by atoms with E-state index in [2.05, 4.69) is 53.2 Å². The van der Waals surface area contributed by atoms with Crippen molar-refractivity contribution in [1.29, 1.82) is 0 Å². The molecule has 0 aliphatic carbocycles. The number of benzene rings is 1. The van der Waals surface area contributed by atoms with Crippen LogP contribution in [0, 0.1) is 0 Å². The summed E-state index contributed by atoms with van der Waals surface area (Å²) in [6.07, 6.45) is 3.29. The molecule has 2 aromatic rings. The summed E-state index contributed by atoms with van der Waals surface area (Å²) < 4.78 is 0. The van der Waals surface area contributed by atoms with E-state index < -0.39 is 0 Å². The number of thiol groups is 1. The van der Waals surface area contributed by atoms with Crippen molar-refractivity contribution >= 4 is 43.7 Å². The zero-order valence-corrected chi connectivity index (χ0v) is 14.7. The zero-order valence-electron chi connectivity index (χ0n) is 11.3. The van der Waals surface area contributed by atoms with Crippen LogP contribution in [0.2, 0.25) is 0 Å². The Bertz CT molecular complexity index is 570. The fourth-order valence-corrected chi connectivity index (χ4v) is 1.54. The smallest absolute Gasteiger partial charge is 0.187 e. The summed E-state index contributed by atoms with van der Waals surface area (Å²) in [6, 6.07) is 15.6. The van der Waals surface area contributed by atoms with Crippen LogP contribution in [0.5, 0.6) is 0 Å². The second-order valence-electron chi connectivity index (χ2n) is 3.81. The molecule has 121 valence electrons. The maximum absolute atomic E-state index is 4.67. The number of hydrogen-bond donors (Lipinski definition) is 1. The molecule has 0 fully saturated rings. The minimum Gasteiger partial charge on any atom is -0.515 e. The molecule has 4 nitrogen and oxygen atoms in total. The third kappa shape index (κ3) is 9.10. The first-order valence-electron chi connectivity index (χ1n) is 6.06. The Morgan fingerprint density at radius 2 is 1.91 bits per heavy atom. The van der Waals surface area contributed by atoms with Gasteiger partial charge in [-0.15, -0.1) is 0 Å². The fraction of sp³-hybridized carbons (Fsp3) is 0.0714. The number of pyridine rings is 1. The van der Waals surface area contributed by atoms with Crippen LogP contribution in [0.3, 0.4) is 0 Å². The Balaban J connectivity index is 0.000000745. The topological polar surface area (TPSA) is 51.4 Å². The van der Waals surface area contributed by atoms with Gasteiger partial charge in [0.1, 0.15) is 0 Å². The quantitative estimate of drug-likeness (QED) is 0.212. The standard InChI is InChI=1S/C14H14N4S.2ClH.Cu/c19-14(16-10-12-6-2-1-3-7-12)18-17-11-13-8-4-5-9-15-13;;;/h1-9,11H,10H2,(H2,15,16,18,19);2*1H;/q;;;+2/p-2. The van der Waals surface area contributed by atoms with Crippen LogP contribution >= 0.6 is 20.2 Å². The van der Waals surface area contributed by atoms with Gasteiger partial charge in [0.25, 0.3) is 0 Å². The summed E-state index contributed by atoms with van der Waals surface area (Å²) in [5.41, 5.74) is 5.86. The SMILES string of the molecule is [Cl][Cu][Cl].[SH+]=C([N-]N=Cc1ccccn1)NCc1ccccc1. The molecule has 1 heterocycles. The molecule has 0 saturated heterocycles. The summed E-state index contributed by atoms with van der Waals surface area (Å²) in [7, 11) is 9.34. The Morgan fingerprint density at radius 3 is 2.55 bits per heavy atom. The average molecular weight is 405 g/mol. The molecular weight excluding hydrogens is 391 g/mol. The van der Waals surface area contributed by atoms with Crippen molar-refractivity contribution in [3.05, 3.63) is 71.4 Å². The number of rotatable bonds is 4. The Labute approximate surface area is 149 Å². The van der Waals surface area contributed by atoms with Crippen LogP contribution in [0.25, 0.3) is 5.43 Å². The number of hydrogen-bond acceptors (Lipinski definition) is 2. The van der Waals surface area contributed by atoms with E-state index in [4.69, 9.17) is 0 Å². The predicted octanol–water partition coefficient (Wildman–Crippen LogP) is 3.32. The molecule has 0 spiro atoms. The van der Waals surface area contributed by atoms with Gasteiger partial charge in [0.2, 0.25) is 0 Å². The van der Waals surface area contributed by atoms with Crippen LogP contribution < -0.4 is 5.32 Å². The van der Waals surface area contributed by atoms with Crippen molar-refractivity contribution in [3.63, 3.8) is 0 Å². The van der Waals surface area contributed by atoms with Gasteiger partial charge < -0.3 is 10.5 Å². The molecular formula is C14H14Cl2CuN4S. The van der Waals surface area contributed by atoms with Gasteiger partial charge in [-0.05, 0) is 17.7 Å². The van der Waals surface area contributed by atoms with Crippen molar-refractivity contribution in [2.45, 2.75) is 6.54 Å². The van der Waals surface area contributed by atoms with Crippen molar-refractivity contribution in [1.82, 2.24) is 10.3 Å². The van der Waals surface area contributed by atoms with E-state index in [-0.39, 0.29) is 0 Å². The van der Waals surface area contributed by atoms with Crippen LogP contribution in [0.4, 0.5) is 0 Å². The van der Waals surface area contributed by atoms with Crippen molar-refractivity contribution in [2.24, 2.45) is 5.10 Å². The van der Waals surface area contributed by atoms with Crippen molar-refractivity contribution < 1.29 is 13.1 Å². The van der Waals surface area contributed by atoms with E-state index in [1.54, 1.807) is 12.4 Å². The summed E-state index contributed by atoms with van der Waals surface area (Å²) in [4.78, 5) is 4.11. The van der Waals surface area contributed by atoms with E-state index in [0.717, 1.165) is 24.4 Å². The first-order valence-corrected chi connectivity index (χ1v) is 9.10. The Hall–Kier alpha value is -1.01. The summed E-state index contributed by atoms with van der Waals surface area (Å²) >= 11 is 4.97. The monoisotopic (exact) mass is 403 g/mol. The number of aromatic nitrogens is 1. The number of halogens is 2. The van der Waals surface area contributed by atoms with E-state index in [1.165, 1.54) is 0 Å². The van der Waals surface area contributed by atoms with Crippen molar-refractivity contribution in [2.75, 3.05) is 0 Å². The Kier molecular flexibility index (Phi) is 10.8. The average Bonchev–Trinajstić information content (AvgIpc) is 2.56. The molecule has 22 heavy (non-hydrogen) atoms. The molecule has 0 unspecified atom stereocenters. The van der Waals surface area contributed by atoms with Gasteiger partial charge in [0, 0.05) is 19.0 Å². The maximum atomic E-state index is 4.67. The van der Waals surface area contributed by atoms with Crippen LogP contribution in [0.15, 0.2) is 59.8 Å². The minimum absolute atomic E-state index is 0.469. The van der Waals surface area contributed by atoms with E-state index in [1.807, 2.05) is 48.5 Å². The molecule has 2 rings (SSSR count). The van der Waals surface area contributed by atoms with Crippen LogP contribution in [0.1, 0.15) is 11.3 Å². The molecule has 0 saturated carbocycles. The van der Waals surface area contributed by atoms with E-state index >= 15 is 0 Å². The van der Waals surface area contributed by atoms with Gasteiger partial charge >= 0.3 is 33.3 Å². The first-order chi connectivity index (χ1) is 10.8. The molecule has 1 aromatic heterocycles. The predicted molar refractivity (Wildman–Crippen MR) is 93.9 cm³/mol. The minimum atomic E-state index is 0.469. The first kappa shape index (κ1) is 19.0. The van der Waals surface area contributed by atoms with Gasteiger partial charge in [0.15, 0.2) is 17.3 Å². The number of nitrogens with zero attached hydrogens (tertiary/aromatic N) is 3. The molecule has 1 aromatic carbocycles. The third-order valence-electron chi connectivity index (χ3n) is 2.32. The molecule has 0 atom stereocenters. The molecule has 0 bridgehead atoms.